The minimum Gasteiger partial charge on any atom is -0.480 e. The Kier molecular flexibility index (Phi) is 2.99. The number of aliphatic carboxylic acids is 1. The number of carboxylic acids is 1. The molecule has 1 unspecified atom stereocenters. The fourth-order valence-electron chi connectivity index (χ4n) is 1.31. The lowest BCUT2D eigenvalue weighted by molar-refractivity contribution is -0.137. The van der Waals surface area contributed by atoms with Gasteiger partial charge in [0.25, 0.3) is 0 Å². The molecule has 7 nitrogen and oxygen atoms in total. The zero-order chi connectivity index (χ0) is 12.3. The molecule has 1 aromatic heterocycles. The van der Waals surface area contributed by atoms with Crippen LogP contribution in [0.25, 0.3) is 11.4 Å². The quantitative estimate of drug-likeness (QED) is 0.720. The number of nitrogens with zero attached hydrogens (tertiary/aromatic N) is 3. The van der Waals surface area contributed by atoms with E-state index in [1.54, 1.807) is 31.2 Å². The summed E-state index contributed by atoms with van der Waals surface area (Å²) in [7, 11) is 0. The monoisotopic (exact) mass is 233 g/mol. The van der Waals surface area contributed by atoms with E-state index in [9.17, 15) is 4.79 Å². The summed E-state index contributed by atoms with van der Waals surface area (Å²) in [6, 6.07) is 6.49. The standard InChI is InChI=1S/C10H11N5O2/c1-6(10(16)17)11-8-4-2-7(3-5-8)9-12-14-15-13-9/h2-6,11H,1H3,(H,16,17)(H,12,13,14,15). The van der Waals surface area contributed by atoms with E-state index in [0.717, 1.165) is 11.3 Å². The van der Waals surface area contributed by atoms with Crippen molar-refractivity contribution in [2.24, 2.45) is 0 Å². The average molecular weight is 233 g/mol. The van der Waals surface area contributed by atoms with Gasteiger partial charge in [-0.05, 0) is 36.4 Å². The molecule has 88 valence electrons. The van der Waals surface area contributed by atoms with Crippen LogP contribution in [-0.4, -0.2) is 37.7 Å². The number of anilines is 1. The lowest BCUT2D eigenvalue weighted by Crippen LogP contribution is -2.25. The number of nitrogens with one attached hydrogen (secondary N) is 2. The van der Waals surface area contributed by atoms with Crippen LogP contribution in [0, 0.1) is 0 Å². The van der Waals surface area contributed by atoms with Gasteiger partial charge in [-0.3, -0.25) is 4.79 Å². The van der Waals surface area contributed by atoms with Crippen LogP contribution in [0.2, 0.25) is 0 Å². The Morgan fingerprint density at radius 3 is 2.65 bits per heavy atom. The van der Waals surface area contributed by atoms with Crippen LogP contribution < -0.4 is 5.32 Å². The van der Waals surface area contributed by atoms with Crippen molar-refractivity contribution in [1.29, 1.82) is 0 Å². The fourth-order valence-corrected chi connectivity index (χ4v) is 1.31. The molecule has 0 saturated carbocycles. The molecule has 0 amide bonds. The van der Waals surface area contributed by atoms with E-state index >= 15 is 0 Å². The molecule has 2 rings (SSSR count). The Labute approximate surface area is 96.9 Å². The van der Waals surface area contributed by atoms with E-state index < -0.39 is 12.0 Å². The fraction of sp³-hybridized carbons (Fsp3) is 0.200. The number of carboxylic acid groups (broad SMARTS) is 1. The molecule has 0 aliphatic carbocycles. The SMILES string of the molecule is CC(Nc1ccc(-c2nn[nH]n2)cc1)C(=O)O. The van der Waals surface area contributed by atoms with Crippen LogP contribution >= 0.6 is 0 Å². The zero-order valence-corrected chi connectivity index (χ0v) is 9.08. The van der Waals surface area contributed by atoms with Gasteiger partial charge in [0.15, 0.2) is 0 Å². The largest absolute Gasteiger partial charge is 0.480 e. The van der Waals surface area contributed by atoms with E-state index in [0.29, 0.717) is 5.82 Å². The first-order chi connectivity index (χ1) is 8.16. The number of rotatable bonds is 4. The normalized spacial score (nSPS) is 12.1. The van der Waals surface area contributed by atoms with Gasteiger partial charge in [-0.15, -0.1) is 10.2 Å². The summed E-state index contributed by atoms with van der Waals surface area (Å²) in [5, 5.41) is 25.1. The van der Waals surface area contributed by atoms with Crippen molar-refractivity contribution in [1.82, 2.24) is 20.6 Å². The molecule has 1 aromatic carbocycles. The van der Waals surface area contributed by atoms with Crippen molar-refractivity contribution in [3.8, 4) is 11.4 Å². The van der Waals surface area contributed by atoms with Crippen LogP contribution in [0.1, 0.15) is 6.92 Å². The molecule has 0 aliphatic rings. The molecule has 0 bridgehead atoms. The van der Waals surface area contributed by atoms with Crippen molar-refractivity contribution < 1.29 is 9.90 Å². The molecule has 7 heteroatoms. The number of hydrogen-bond donors (Lipinski definition) is 3. The number of H-pyrrole nitrogens is 1. The molecule has 0 radical (unpaired) electrons. The topological polar surface area (TPSA) is 104 Å². The smallest absolute Gasteiger partial charge is 0.325 e. The van der Waals surface area contributed by atoms with Crippen molar-refractivity contribution in [3.63, 3.8) is 0 Å². The van der Waals surface area contributed by atoms with E-state index in [-0.39, 0.29) is 0 Å². The van der Waals surface area contributed by atoms with Crippen molar-refractivity contribution in [3.05, 3.63) is 24.3 Å². The number of benzene rings is 1. The predicted octanol–water partition coefficient (Wildman–Crippen LogP) is 0.752. The number of hydrogen-bond acceptors (Lipinski definition) is 5. The summed E-state index contributed by atoms with van der Waals surface area (Å²) in [5.41, 5.74) is 1.54. The van der Waals surface area contributed by atoms with Crippen molar-refractivity contribution in [2.45, 2.75) is 13.0 Å². The third kappa shape index (κ3) is 2.57. The maximum atomic E-state index is 10.7. The third-order valence-electron chi connectivity index (χ3n) is 2.24. The minimum absolute atomic E-state index is 0.503. The van der Waals surface area contributed by atoms with E-state index in [1.165, 1.54) is 0 Å². The summed E-state index contributed by atoms with van der Waals surface area (Å²) < 4.78 is 0. The maximum absolute atomic E-state index is 10.7. The Hall–Kier alpha value is -2.44. The van der Waals surface area contributed by atoms with Crippen LogP contribution in [0.15, 0.2) is 24.3 Å². The van der Waals surface area contributed by atoms with E-state index in [1.807, 2.05) is 0 Å². The summed E-state index contributed by atoms with van der Waals surface area (Å²) in [5.74, 6) is -0.393. The highest BCUT2D eigenvalue weighted by molar-refractivity contribution is 5.77. The molecular formula is C10H11N5O2. The van der Waals surface area contributed by atoms with Gasteiger partial charge >= 0.3 is 5.97 Å². The van der Waals surface area contributed by atoms with Gasteiger partial charge in [-0.2, -0.15) is 5.21 Å². The lowest BCUT2D eigenvalue weighted by atomic mass is 10.2. The van der Waals surface area contributed by atoms with Gasteiger partial charge in [0.05, 0.1) is 0 Å². The molecule has 0 aliphatic heterocycles. The van der Waals surface area contributed by atoms with Crippen LogP contribution in [-0.2, 0) is 4.79 Å². The van der Waals surface area contributed by atoms with Gasteiger partial charge in [0, 0.05) is 11.3 Å². The molecule has 0 fully saturated rings. The Morgan fingerprint density at radius 1 is 1.41 bits per heavy atom. The number of tetrazole rings is 1. The molecule has 1 atom stereocenters. The molecule has 1 heterocycles. The van der Waals surface area contributed by atoms with Gasteiger partial charge in [0.1, 0.15) is 6.04 Å². The third-order valence-corrected chi connectivity index (χ3v) is 2.24. The summed E-state index contributed by atoms with van der Waals surface area (Å²) >= 11 is 0. The molecular weight excluding hydrogens is 222 g/mol. The van der Waals surface area contributed by atoms with Crippen molar-refractivity contribution >= 4 is 11.7 Å². The van der Waals surface area contributed by atoms with Gasteiger partial charge in [0.2, 0.25) is 5.82 Å². The first-order valence-corrected chi connectivity index (χ1v) is 5.00. The number of aromatic nitrogens is 4. The molecule has 3 N–H and O–H groups in total. The maximum Gasteiger partial charge on any atom is 0.325 e. The first kappa shape index (κ1) is 11.1. The lowest BCUT2D eigenvalue weighted by Gasteiger charge is -2.10. The zero-order valence-electron chi connectivity index (χ0n) is 9.08. The molecule has 2 aromatic rings. The van der Waals surface area contributed by atoms with E-state index in [4.69, 9.17) is 5.11 Å². The summed E-state index contributed by atoms with van der Waals surface area (Å²) in [6.45, 7) is 1.58. The second-order valence-electron chi connectivity index (χ2n) is 3.52. The van der Waals surface area contributed by atoms with E-state index in [2.05, 4.69) is 25.9 Å². The first-order valence-electron chi connectivity index (χ1n) is 5.00. The second-order valence-corrected chi connectivity index (χ2v) is 3.52. The minimum atomic E-state index is -0.896. The van der Waals surface area contributed by atoms with Gasteiger partial charge in [-0.25, -0.2) is 0 Å². The predicted molar refractivity (Wildman–Crippen MR) is 60.3 cm³/mol. The highest BCUT2D eigenvalue weighted by Crippen LogP contribution is 2.17. The van der Waals surface area contributed by atoms with Crippen LogP contribution in [0.4, 0.5) is 5.69 Å². The summed E-state index contributed by atoms with van der Waals surface area (Å²) in [6.07, 6.45) is 0. The highest BCUT2D eigenvalue weighted by Gasteiger charge is 2.10. The van der Waals surface area contributed by atoms with Crippen LogP contribution in [0.3, 0.4) is 0 Å². The Bertz CT molecular complexity index is 494. The molecule has 17 heavy (non-hydrogen) atoms. The number of aromatic amines is 1. The van der Waals surface area contributed by atoms with Crippen LogP contribution in [0.5, 0.6) is 0 Å². The van der Waals surface area contributed by atoms with Gasteiger partial charge < -0.3 is 10.4 Å². The second kappa shape index (κ2) is 4.60. The Balaban J connectivity index is 2.11. The van der Waals surface area contributed by atoms with Gasteiger partial charge in [-0.1, -0.05) is 0 Å². The molecule has 0 spiro atoms. The average Bonchev–Trinajstić information content (AvgIpc) is 2.83. The number of carbonyl (C=O) groups is 1. The molecule has 0 saturated heterocycles. The Morgan fingerprint density at radius 2 is 2.12 bits per heavy atom. The van der Waals surface area contributed by atoms with Crippen molar-refractivity contribution in [2.75, 3.05) is 5.32 Å². The summed E-state index contributed by atoms with van der Waals surface area (Å²) in [4.78, 5) is 10.7. The highest BCUT2D eigenvalue weighted by atomic mass is 16.4.